The monoisotopic (exact) mass is 294 g/mol. The lowest BCUT2D eigenvalue weighted by molar-refractivity contribution is -0.117. The van der Waals surface area contributed by atoms with Gasteiger partial charge in [-0.3, -0.25) is 0 Å². The summed E-state index contributed by atoms with van der Waals surface area (Å²) in [5.74, 6) is 7.38. The average Bonchev–Trinajstić information content (AvgIpc) is 2.47. The van der Waals surface area contributed by atoms with Gasteiger partial charge < -0.3 is 14.9 Å². The highest BCUT2D eigenvalue weighted by atomic mass is 16.5. The Morgan fingerprint density at radius 2 is 2.00 bits per heavy atom. The third-order valence-corrected chi connectivity index (χ3v) is 3.98. The zero-order valence-corrected chi connectivity index (χ0v) is 13.4. The second kappa shape index (κ2) is 6.68. The summed E-state index contributed by atoms with van der Waals surface area (Å²) in [6.07, 6.45) is 1.54. The molecule has 0 bridgehead atoms. The zero-order valence-electron chi connectivity index (χ0n) is 13.4. The number of rotatable bonds is 5. The minimum Gasteiger partial charge on any atom is -0.381 e. The normalized spacial score (nSPS) is 18.0. The lowest BCUT2D eigenvalue weighted by Crippen LogP contribution is -2.39. The standard InChI is InChI=1S/C15H26N4O2/c1-5-21-15(6-8-20-9-7-15)14-17-11(4)12(10(2)3)13(18-14)19-16/h10H,5-9,16H2,1-4H3,(H,17,18,19). The molecule has 1 aliphatic heterocycles. The first kappa shape index (κ1) is 16.1. The van der Waals surface area contributed by atoms with E-state index in [4.69, 9.17) is 20.3 Å². The van der Waals surface area contributed by atoms with Crippen molar-refractivity contribution < 1.29 is 9.47 Å². The Morgan fingerprint density at radius 3 is 2.52 bits per heavy atom. The molecule has 2 heterocycles. The first-order valence-electron chi connectivity index (χ1n) is 7.61. The Labute approximate surface area is 126 Å². The van der Waals surface area contributed by atoms with E-state index in [0.717, 1.165) is 24.1 Å². The van der Waals surface area contributed by atoms with Crippen LogP contribution in [0.3, 0.4) is 0 Å². The molecular formula is C15H26N4O2. The largest absolute Gasteiger partial charge is 0.381 e. The average molecular weight is 294 g/mol. The zero-order chi connectivity index (χ0) is 15.5. The minimum atomic E-state index is -0.459. The van der Waals surface area contributed by atoms with Gasteiger partial charge in [0, 0.05) is 43.9 Å². The fourth-order valence-corrected chi connectivity index (χ4v) is 3.00. The number of nitrogens with zero attached hydrogens (tertiary/aromatic N) is 2. The lowest BCUT2D eigenvalue weighted by atomic mass is 9.92. The van der Waals surface area contributed by atoms with Crippen molar-refractivity contribution in [2.24, 2.45) is 5.84 Å². The van der Waals surface area contributed by atoms with Gasteiger partial charge in [0.1, 0.15) is 11.4 Å². The number of ether oxygens (including phenoxy) is 2. The van der Waals surface area contributed by atoms with Gasteiger partial charge in [0.05, 0.1) is 0 Å². The highest BCUT2D eigenvalue weighted by Gasteiger charge is 2.39. The maximum atomic E-state index is 6.04. The van der Waals surface area contributed by atoms with E-state index >= 15 is 0 Å². The summed E-state index contributed by atoms with van der Waals surface area (Å²) in [5, 5.41) is 0. The van der Waals surface area contributed by atoms with Crippen LogP contribution < -0.4 is 11.3 Å². The molecular weight excluding hydrogens is 268 g/mol. The van der Waals surface area contributed by atoms with Gasteiger partial charge in [-0.2, -0.15) is 0 Å². The molecule has 0 atom stereocenters. The minimum absolute atomic E-state index is 0.308. The summed E-state index contributed by atoms with van der Waals surface area (Å²) in [7, 11) is 0. The molecule has 0 unspecified atom stereocenters. The predicted octanol–water partition coefficient (Wildman–Crippen LogP) is 2.24. The van der Waals surface area contributed by atoms with Crippen LogP contribution >= 0.6 is 0 Å². The highest BCUT2D eigenvalue weighted by molar-refractivity contribution is 5.47. The number of hydrazine groups is 1. The van der Waals surface area contributed by atoms with E-state index < -0.39 is 5.60 Å². The summed E-state index contributed by atoms with van der Waals surface area (Å²) < 4.78 is 11.5. The molecule has 118 valence electrons. The van der Waals surface area contributed by atoms with Crippen LogP contribution in [0.1, 0.15) is 56.6 Å². The lowest BCUT2D eigenvalue weighted by Gasteiger charge is -2.36. The third kappa shape index (κ3) is 3.17. The smallest absolute Gasteiger partial charge is 0.163 e. The van der Waals surface area contributed by atoms with Gasteiger partial charge in [0.25, 0.3) is 0 Å². The summed E-state index contributed by atoms with van der Waals surface area (Å²) in [6, 6.07) is 0. The number of hydrogen-bond donors (Lipinski definition) is 2. The van der Waals surface area contributed by atoms with Gasteiger partial charge in [-0.25, -0.2) is 15.8 Å². The maximum absolute atomic E-state index is 6.04. The van der Waals surface area contributed by atoms with Crippen LogP contribution in [-0.2, 0) is 15.1 Å². The van der Waals surface area contributed by atoms with Crippen LogP contribution in [0.4, 0.5) is 5.82 Å². The Hall–Kier alpha value is -1.24. The predicted molar refractivity (Wildman–Crippen MR) is 82.0 cm³/mol. The van der Waals surface area contributed by atoms with Gasteiger partial charge in [-0.1, -0.05) is 13.8 Å². The van der Waals surface area contributed by atoms with Crippen LogP contribution in [0.5, 0.6) is 0 Å². The molecule has 6 heteroatoms. The Balaban J connectivity index is 2.48. The first-order chi connectivity index (χ1) is 10.0. The Kier molecular flexibility index (Phi) is 5.13. The molecule has 2 rings (SSSR count). The van der Waals surface area contributed by atoms with Crippen LogP contribution in [0.2, 0.25) is 0 Å². The van der Waals surface area contributed by atoms with Crippen molar-refractivity contribution in [3.05, 3.63) is 17.1 Å². The molecule has 0 saturated carbocycles. The number of hydrogen-bond acceptors (Lipinski definition) is 6. The van der Waals surface area contributed by atoms with Crippen LogP contribution in [0.15, 0.2) is 0 Å². The molecule has 0 spiro atoms. The SMILES string of the molecule is CCOC1(c2nc(C)c(C(C)C)c(NN)n2)CCOCC1. The van der Waals surface area contributed by atoms with Crippen molar-refractivity contribution in [2.75, 3.05) is 25.2 Å². The summed E-state index contributed by atoms with van der Waals surface area (Å²) >= 11 is 0. The number of aryl methyl sites for hydroxylation is 1. The van der Waals surface area contributed by atoms with Gasteiger partial charge in [0.15, 0.2) is 5.82 Å². The molecule has 1 aromatic rings. The number of anilines is 1. The van der Waals surface area contributed by atoms with Crippen molar-refractivity contribution in [3.63, 3.8) is 0 Å². The molecule has 0 radical (unpaired) electrons. The second-order valence-electron chi connectivity index (χ2n) is 5.73. The summed E-state index contributed by atoms with van der Waals surface area (Å²) in [6.45, 7) is 10.2. The van der Waals surface area contributed by atoms with E-state index in [2.05, 4.69) is 24.3 Å². The molecule has 0 amide bonds. The van der Waals surface area contributed by atoms with E-state index in [1.165, 1.54) is 0 Å². The fraction of sp³-hybridized carbons (Fsp3) is 0.733. The van der Waals surface area contributed by atoms with Crippen LogP contribution in [0, 0.1) is 6.92 Å². The molecule has 1 saturated heterocycles. The van der Waals surface area contributed by atoms with Crippen molar-refractivity contribution in [3.8, 4) is 0 Å². The first-order valence-corrected chi connectivity index (χ1v) is 7.61. The number of nitrogens with two attached hydrogens (primary N) is 1. The highest BCUT2D eigenvalue weighted by Crippen LogP contribution is 2.36. The fourth-order valence-electron chi connectivity index (χ4n) is 3.00. The van der Waals surface area contributed by atoms with Gasteiger partial charge in [-0.05, 0) is 19.8 Å². The number of nitrogens with one attached hydrogen (secondary N) is 1. The second-order valence-corrected chi connectivity index (χ2v) is 5.73. The van der Waals surface area contributed by atoms with E-state index in [0.29, 0.717) is 37.4 Å². The van der Waals surface area contributed by atoms with Crippen molar-refractivity contribution in [2.45, 2.75) is 52.1 Å². The Bertz CT molecular complexity index is 479. The van der Waals surface area contributed by atoms with E-state index in [1.807, 2.05) is 13.8 Å². The quantitative estimate of drug-likeness (QED) is 0.640. The van der Waals surface area contributed by atoms with E-state index in [-0.39, 0.29) is 0 Å². The molecule has 6 nitrogen and oxygen atoms in total. The van der Waals surface area contributed by atoms with Crippen molar-refractivity contribution in [1.29, 1.82) is 0 Å². The number of nitrogen functional groups attached to an aromatic ring is 1. The molecule has 0 aromatic carbocycles. The third-order valence-electron chi connectivity index (χ3n) is 3.98. The van der Waals surface area contributed by atoms with Gasteiger partial charge in [-0.15, -0.1) is 0 Å². The van der Waals surface area contributed by atoms with Gasteiger partial charge >= 0.3 is 0 Å². The Morgan fingerprint density at radius 1 is 1.33 bits per heavy atom. The van der Waals surface area contributed by atoms with Crippen molar-refractivity contribution >= 4 is 5.82 Å². The van der Waals surface area contributed by atoms with E-state index in [9.17, 15) is 0 Å². The molecule has 3 N–H and O–H groups in total. The van der Waals surface area contributed by atoms with Crippen LogP contribution in [-0.4, -0.2) is 29.8 Å². The maximum Gasteiger partial charge on any atom is 0.163 e. The molecule has 1 aliphatic rings. The molecule has 1 aromatic heterocycles. The molecule has 0 aliphatic carbocycles. The molecule has 21 heavy (non-hydrogen) atoms. The van der Waals surface area contributed by atoms with Crippen LogP contribution in [0.25, 0.3) is 0 Å². The van der Waals surface area contributed by atoms with Gasteiger partial charge in [0.2, 0.25) is 0 Å². The van der Waals surface area contributed by atoms with E-state index in [1.54, 1.807) is 0 Å². The molecule has 1 fully saturated rings. The number of aromatic nitrogens is 2. The topological polar surface area (TPSA) is 82.3 Å². The summed E-state index contributed by atoms with van der Waals surface area (Å²) in [5.41, 5.74) is 4.27. The summed E-state index contributed by atoms with van der Waals surface area (Å²) in [4.78, 5) is 9.39. The van der Waals surface area contributed by atoms with Crippen molar-refractivity contribution in [1.82, 2.24) is 9.97 Å².